The number of phenolic OH excluding ortho intramolecular Hbond substituents is 1. The van der Waals surface area contributed by atoms with Gasteiger partial charge in [-0.15, -0.1) is 0 Å². The maximum absolute atomic E-state index is 12.4. The molecule has 6 nitrogen and oxygen atoms in total. The highest BCUT2D eigenvalue weighted by molar-refractivity contribution is 5.96. The van der Waals surface area contributed by atoms with Gasteiger partial charge >= 0.3 is 0 Å². The predicted molar refractivity (Wildman–Crippen MR) is 74.3 cm³/mol. The van der Waals surface area contributed by atoms with Crippen LogP contribution in [0.1, 0.15) is 11.4 Å². The van der Waals surface area contributed by atoms with E-state index in [4.69, 9.17) is 0 Å². The molecule has 3 N–H and O–H groups in total. The van der Waals surface area contributed by atoms with Gasteiger partial charge in [0.2, 0.25) is 5.91 Å². The fraction of sp³-hybridized carbons (Fsp3) is 0.286. The Morgan fingerprint density at radius 3 is 3.10 bits per heavy atom. The van der Waals surface area contributed by atoms with Crippen molar-refractivity contribution in [2.45, 2.75) is 19.0 Å². The molecule has 20 heavy (non-hydrogen) atoms. The number of hydrogen-bond acceptors (Lipinski definition) is 4. The molecule has 0 spiro atoms. The lowest BCUT2D eigenvalue weighted by Crippen LogP contribution is -2.45. The Hall–Kier alpha value is -2.34. The van der Waals surface area contributed by atoms with Gasteiger partial charge < -0.3 is 15.4 Å². The summed E-state index contributed by atoms with van der Waals surface area (Å²) in [5, 5.41) is 12.5. The van der Waals surface area contributed by atoms with Crippen LogP contribution in [0.15, 0.2) is 30.6 Å². The van der Waals surface area contributed by atoms with Gasteiger partial charge in [0.05, 0.1) is 29.4 Å². The van der Waals surface area contributed by atoms with Crippen molar-refractivity contribution < 1.29 is 9.90 Å². The van der Waals surface area contributed by atoms with Crippen LogP contribution in [0, 0.1) is 0 Å². The van der Waals surface area contributed by atoms with E-state index in [1.54, 1.807) is 30.6 Å². The fourth-order valence-corrected chi connectivity index (χ4v) is 2.45. The zero-order valence-corrected chi connectivity index (χ0v) is 11.1. The summed E-state index contributed by atoms with van der Waals surface area (Å²) in [6, 6.07) is 6.42. The summed E-state index contributed by atoms with van der Waals surface area (Å²) in [4.78, 5) is 21.6. The van der Waals surface area contributed by atoms with Crippen LogP contribution < -0.4 is 5.32 Å². The van der Waals surface area contributed by atoms with Gasteiger partial charge in [-0.1, -0.05) is 12.1 Å². The lowest BCUT2D eigenvalue weighted by Gasteiger charge is -2.30. The molecule has 1 aliphatic heterocycles. The molecule has 0 saturated heterocycles. The summed E-state index contributed by atoms with van der Waals surface area (Å²) in [5.41, 5.74) is 2.42. The molecule has 104 valence electrons. The number of anilines is 1. The highest BCUT2D eigenvalue weighted by Gasteiger charge is 2.30. The average Bonchev–Trinajstić information content (AvgIpc) is 2.87. The fourth-order valence-electron chi connectivity index (χ4n) is 2.45. The van der Waals surface area contributed by atoms with Gasteiger partial charge in [0.1, 0.15) is 5.75 Å². The van der Waals surface area contributed by atoms with Crippen molar-refractivity contribution in [1.29, 1.82) is 0 Å². The summed E-state index contributed by atoms with van der Waals surface area (Å²) < 4.78 is 0. The Balaban J connectivity index is 1.77. The van der Waals surface area contributed by atoms with Crippen LogP contribution in [0.3, 0.4) is 0 Å². The van der Waals surface area contributed by atoms with E-state index in [2.05, 4.69) is 15.3 Å². The number of fused-ring (bicyclic) bond motifs is 1. The Kier molecular flexibility index (Phi) is 3.15. The third-order valence-electron chi connectivity index (χ3n) is 3.60. The third-order valence-corrected chi connectivity index (χ3v) is 3.60. The minimum absolute atomic E-state index is 0.0692. The van der Waals surface area contributed by atoms with E-state index >= 15 is 0 Å². The number of amides is 1. The predicted octanol–water partition coefficient (Wildman–Crippen LogP) is 1.11. The van der Waals surface area contributed by atoms with Gasteiger partial charge in [0.15, 0.2) is 0 Å². The molecule has 3 rings (SSSR count). The number of benzene rings is 1. The zero-order chi connectivity index (χ0) is 14.1. The van der Waals surface area contributed by atoms with E-state index < -0.39 is 0 Å². The van der Waals surface area contributed by atoms with Crippen LogP contribution in [0.5, 0.6) is 5.75 Å². The summed E-state index contributed by atoms with van der Waals surface area (Å²) >= 11 is 0. The molecule has 2 heterocycles. The van der Waals surface area contributed by atoms with Crippen molar-refractivity contribution in [3.8, 4) is 5.75 Å². The van der Waals surface area contributed by atoms with Crippen LogP contribution in [0.4, 0.5) is 5.69 Å². The van der Waals surface area contributed by atoms with Crippen molar-refractivity contribution in [2.75, 3.05) is 12.4 Å². The number of likely N-dealkylation sites (N-methyl/N-ethyl adjacent to an activating group) is 1. The highest BCUT2D eigenvalue weighted by Crippen LogP contribution is 2.24. The molecule has 1 aromatic heterocycles. The number of H-pyrrole nitrogens is 1. The first-order valence-corrected chi connectivity index (χ1v) is 6.45. The van der Waals surface area contributed by atoms with E-state index in [0.29, 0.717) is 18.7 Å². The molecule has 1 amide bonds. The minimum atomic E-state index is -0.287. The SMILES string of the molecule is CN1Cc2[nH]cnc2C[C@H]1C(=O)Nc1ccccc1O. The zero-order valence-electron chi connectivity index (χ0n) is 11.1. The number of aromatic amines is 1. The van der Waals surface area contributed by atoms with Crippen LogP contribution in [-0.4, -0.2) is 39.0 Å². The van der Waals surface area contributed by atoms with Crippen molar-refractivity contribution in [2.24, 2.45) is 0 Å². The normalized spacial score (nSPS) is 18.6. The highest BCUT2D eigenvalue weighted by atomic mass is 16.3. The van der Waals surface area contributed by atoms with Gasteiger partial charge in [0, 0.05) is 13.0 Å². The monoisotopic (exact) mass is 272 g/mol. The second-order valence-corrected chi connectivity index (χ2v) is 4.97. The van der Waals surface area contributed by atoms with Crippen molar-refractivity contribution in [3.05, 3.63) is 42.0 Å². The van der Waals surface area contributed by atoms with Crippen molar-refractivity contribution in [3.63, 3.8) is 0 Å². The third kappa shape index (κ3) is 2.25. The smallest absolute Gasteiger partial charge is 0.242 e. The summed E-state index contributed by atoms with van der Waals surface area (Å²) in [6.07, 6.45) is 2.22. The lowest BCUT2D eigenvalue weighted by atomic mass is 10.0. The Morgan fingerprint density at radius 1 is 1.50 bits per heavy atom. The molecule has 1 atom stereocenters. The maximum Gasteiger partial charge on any atom is 0.242 e. The first-order chi connectivity index (χ1) is 9.65. The Labute approximate surface area is 116 Å². The Morgan fingerprint density at radius 2 is 2.30 bits per heavy atom. The molecule has 1 aliphatic rings. The first kappa shape index (κ1) is 12.7. The standard InChI is InChI=1S/C14H16N4O2/c1-18-7-11-10(15-8-16-11)6-12(18)14(20)17-9-4-2-3-5-13(9)19/h2-5,8,12,19H,6-7H2,1H3,(H,15,16)(H,17,20)/t12-/m0/s1. The van der Waals surface area contributed by atoms with Gasteiger partial charge in [-0.05, 0) is 19.2 Å². The largest absolute Gasteiger partial charge is 0.506 e. The van der Waals surface area contributed by atoms with E-state index in [0.717, 1.165) is 11.4 Å². The quantitative estimate of drug-likeness (QED) is 0.715. The number of rotatable bonds is 2. The van der Waals surface area contributed by atoms with Gasteiger partial charge in [-0.2, -0.15) is 0 Å². The first-order valence-electron chi connectivity index (χ1n) is 6.45. The van der Waals surface area contributed by atoms with Crippen LogP contribution in [-0.2, 0) is 17.8 Å². The molecule has 0 aliphatic carbocycles. The van der Waals surface area contributed by atoms with Gasteiger partial charge in [-0.3, -0.25) is 9.69 Å². The molecule has 0 saturated carbocycles. The minimum Gasteiger partial charge on any atom is -0.506 e. The van der Waals surface area contributed by atoms with E-state index in [-0.39, 0.29) is 17.7 Å². The van der Waals surface area contributed by atoms with Gasteiger partial charge in [0.25, 0.3) is 0 Å². The van der Waals surface area contributed by atoms with Crippen molar-refractivity contribution in [1.82, 2.24) is 14.9 Å². The number of hydrogen-bond donors (Lipinski definition) is 3. The number of phenols is 1. The molecule has 6 heteroatoms. The molecule has 0 fully saturated rings. The van der Waals surface area contributed by atoms with E-state index in [1.165, 1.54) is 0 Å². The number of nitrogens with one attached hydrogen (secondary N) is 2. The van der Waals surface area contributed by atoms with Crippen LogP contribution in [0.2, 0.25) is 0 Å². The van der Waals surface area contributed by atoms with Crippen LogP contribution >= 0.6 is 0 Å². The second kappa shape index (κ2) is 4.97. The van der Waals surface area contributed by atoms with E-state index in [1.807, 2.05) is 11.9 Å². The van der Waals surface area contributed by atoms with Gasteiger partial charge in [-0.25, -0.2) is 4.98 Å². The van der Waals surface area contributed by atoms with E-state index in [9.17, 15) is 9.90 Å². The number of aromatic nitrogens is 2. The topological polar surface area (TPSA) is 81.2 Å². The second-order valence-electron chi connectivity index (χ2n) is 4.97. The summed E-state index contributed by atoms with van der Waals surface area (Å²) in [5.74, 6) is -0.0672. The maximum atomic E-state index is 12.4. The molecule has 0 unspecified atom stereocenters. The average molecular weight is 272 g/mol. The molecule has 0 bridgehead atoms. The Bertz CT molecular complexity index is 638. The number of nitrogens with zero attached hydrogens (tertiary/aromatic N) is 2. The number of imidazole rings is 1. The number of aromatic hydroxyl groups is 1. The molecule has 0 radical (unpaired) electrons. The number of carbonyl (C=O) groups is 1. The number of para-hydroxylation sites is 2. The van der Waals surface area contributed by atoms with Crippen molar-refractivity contribution >= 4 is 11.6 Å². The molecular weight excluding hydrogens is 256 g/mol. The molecular formula is C14H16N4O2. The number of carbonyl (C=O) groups excluding carboxylic acids is 1. The summed E-state index contributed by atoms with van der Waals surface area (Å²) in [6.45, 7) is 0.661. The lowest BCUT2D eigenvalue weighted by molar-refractivity contribution is -0.121. The molecule has 1 aromatic carbocycles. The molecule has 2 aromatic rings. The summed E-state index contributed by atoms with van der Waals surface area (Å²) in [7, 11) is 1.90. The van der Waals surface area contributed by atoms with Crippen LogP contribution in [0.25, 0.3) is 0 Å².